The molecule has 0 heterocycles. The molecule has 112 valence electrons. The van der Waals surface area contributed by atoms with E-state index in [4.69, 9.17) is 10.7 Å². The van der Waals surface area contributed by atoms with E-state index in [0.717, 1.165) is 11.0 Å². The molecule has 0 aliphatic carbocycles. The van der Waals surface area contributed by atoms with Gasteiger partial charge in [-0.15, -0.1) is 0 Å². The molecule has 0 bridgehead atoms. The Labute approximate surface area is 120 Å². The van der Waals surface area contributed by atoms with Crippen LogP contribution in [0.3, 0.4) is 0 Å². The van der Waals surface area contributed by atoms with Gasteiger partial charge in [0.2, 0.25) is 0 Å². The first-order valence-corrected chi connectivity index (χ1v) is 8.09. The van der Waals surface area contributed by atoms with Gasteiger partial charge in [-0.1, -0.05) is 13.0 Å². The van der Waals surface area contributed by atoms with E-state index >= 15 is 0 Å². The fraction of sp³-hybridized carbons (Fsp3) is 0.417. The summed E-state index contributed by atoms with van der Waals surface area (Å²) in [6.07, 6.45) is -2.19. The van der Waals surface area contributed by atoms with Gasteiger partial charge in [-0.2, -0.15) is 0 Å². The minimum absolute atomic E-state index is 0.0670. The van der Waals surface area contributed by atoms with Gasteiger partial charge in [0.15, 0.2) is 0 Å². The van der Waals surface area contributed by atoms with E-state index in [1.54, 1.807) is 6.92 Å². The smallest absolute Gasteiger partial charge is 0.261 e. The lowest BCUT2D eigenvalue weighted by Crippen LogP contribution is -2.32. The molecule has 1 rings (SSSR count). The number of halogens is 3. The number of carbonyl (C=O) groups is 1. The third kappa shape index (κ3) is 4.14. The van der Waals surface area contributed by atoms with Crippen molar-refractivity contribution in [2.75, 3.05) is 13.6 Å². The molecule has 8 heteroatoms. The first-order valence-electron chi connectivity index (χ1n) is 5.78. The fourth-order valence-electron chi connectivity index (χ4n) is 1.71. The van der Waals surface area contributed by atoms with Gasteiger partial charge in [0.25, 0.3) is 21.4 Å². The van der Waals surface area contributed by atoms with Crippen LogP contribution in [0.2, 0.25) is 0 Å². The molecular formula is C12H14ClF2NO3S. The van der Waals surface area contributed by atoms with Crippen LogP contribution in [0.15, 0.2) is 23.1 Å². The normalized spacial score (nSPS) is 11.7. The molecule has 0 spiro atoms. The van der Waals surface area contributed by atoms with Gasteiger partial charge in [-0.05, 0) is 24.1 Å². The van der Waals surface area contributed by atoms with Crippen molar-refractivity contribution in [2.45, 2.75) is 24.7 Å². The highest BCUT2D eigenvalue weighted by Gasteiger charge is 2.21. The zero-order valence-electron chi connectivity index (χ0n) is 10.9. The highest BCUT2D eigenvalue weighted by Crippen LogP contribution is 2.21. The van der Waals surface area contributed by atoms with Gasteiger partial charge in [0.05, 0.1) is 11.4 Å². The Kier molecular flexibility index (Phi) is 5.47. The van der Waals surface area contributed by atoms with Crippen LogP contribution in [0.1, 0.15) is 22.8 Å². The molecule has 1 aromatic rings. The number of benzene rings is 1. The van der Waals surface area contributed by atoms with Gasteiger partial charge in [0, 0.05) is 23.3 Å². The molecule has 20 heavy (non-hydrogen) atoms. The van der Waals surface area contributed by atoms with Gasteiger partial charge in [0.1, 0.15) is 0 Å². The van der Waals surface area contributed by atoms with Gasteiger partial charge >= 0.3 is 0 Å². The lowest BCUT2D eigenvalue weighted by atomic mass is 10.0. The highest BCUT2D eigenvalue weighted by atomic mass is 35.7. The van der Waals surface area contributed by atoms with Crippen molar-refractivity contribution < 1.29 is 22.0 Å². The highest BCUT2D eigenvalue weighted by molar-refractivity contribution is 8.13. The third-order valence-electron chi connectivity index (χ3n) is 2.73. The molecule has 0 radical (unpaired) electrons. The van der Waals surface area contributed by atoms with Crippen LogP contribution in [0, 0.1) is 0 Å². The summed E-state index contributed by atoms with van der Waals surface area (Å²) < 4.78 is 47.2. The molecule has 0 fully saturated rings. The summed E-state index contributed by atoms with van der Waals surface area (Å²) in [5.41, 5.74) is 0.637. The molecule has 0 aromatic heterocycles. The second-order valence-corrected chi connectivity index (χ2v) is 6.75. The van der Waals surface area contributed by atoms with Crippen LogP contribution < -0.4 is 0 Å². The molecule has 0 saturated carbocycles. The Morgan fingerprint density at radius 3 is 2.45 bits per heavy atom. The Bertz CT molecular complexity index is 605. The Balaban J connectivity index is 3.24. The monoisotopic (exact) mass is 325 g/mol. The van der Waals surface area contributed by atoms with Crippen molar-refractivity contribution >= 4 is 25.6 Å². The minimum atomic E-state index is -3.98. The molecular weight excluding hydrogens is 312 g/mol. The Morgan fingerprint density at radius 2 is 2.00 bits per heavy atom. The van der Waals surface area contributed by atoms with E-state index in [1.165, 1.54) is 19.2 Å². The standard InChI is InChI=1S/C12H14ClF2NO3S/c1-3-8-4-5-9(20(13,18)19)6-10(8)12(17)16(2)7-11(14)15/h4-6,11H,3,7H2,1-2H3. The minimum Gasteiger partial charge on any atom is -0.336 e. The maximum atomic E-state index is 12.3. The van der Waals surface area contributed by atoms with Crippen molar-refractivity contribution in [3.05, 3.63) is 29.3 Å². The second kappa shape index (κ2) is 6.49. The number of aryl methyl sites for hydroxylation is 1. The number of carbonyl (C=O) groups excluding carboxylic acids is 1. The first kappa shape index (κ1) is 16.8. The van der Waals surface area contributed by atoms with Crippen LogP contribution in [-0.4, -0.2) is 39.2 Å². The average molecular weight is 326 g/mol. The van der Waals surface area contributed by atoms with Crippen LogP contribution >= 0.6 is 10.7 Å². The summed E-state index contributed by atoms with van der Waals surface area (Å²) in [5, 5.41) is 0. The molecule has 1 aromatic carbocycles. The largest absolute Gasteiger partial charge is 0.336 e. The van der Waals surface area contributed by atoms with Crippen molar-refractivity contribution in [2.24, 2.45) is 0 Å². The van der Waals surface area contributed by atoms with Crippen molar-refractivity contribution in [3.63, 3.8) is 0 Å². The first-order chi connectivity index (χ1) is 9.16. The predicted molar refractivity (Wildman–Crippen MR) is 71.8 cm³/mol. The molecule has 0 N–H and O–H groups in total. The number of alkyl halides is 2. The van der Waals surface area contributed by atoms with Gasteiger partial charge in [-0.3, -0.25) is 4.79 Å². The van der Waals surface area contributed by atoms with Crippen LogP contribution in [0.25, 0.3) is 0 Å². The lowest BCUT2D eigenvalue weighted by Gasteiger charge is -2.18. The van der Waals surface area contributed by atoms with Crippen molar-refractivity contribution in [1.82, 2.24) is 4.90 Å². The third-order valence-corrected chi connectivity index (χ3v) is 4.08. The molecule has 0 unspecified atom stereocenters. The Morgan fingerprint density at radius 1 is 1.40 bits per heavy atom. The molecule has 0 aliphatic heterocycles. The summed E-state index contributed by atoms with van der Waals surface area (Å²) in [4.78, 5) is 12.7. The Hall–Kier alpha value is -1.21. The van der Waals surface area contributed by atoms with E-state index in [-0.39, 0.29) is 10.5 Å². The number of hydrogen-bond donors (Lipinski definition) is 0. The summed E-state index contributed by atoms with van der Waals surface area (Å²) in [7, 11) is 2.47. The van der Waals surface area contributed by atoms with Gasteiger partial charge in [-0.25, -0.2) is 17.2 Å². The lowest BCUT2D eigenvalue weighted by molar-refractivity contribution is 0.0619. The van der Waals surface area contributed by atoms with Crippen LogP contribution in [-0.2, 0) is 15.5 Å². The van der Waals surface area contributed by atoms with Gasteiger partial charge < -0.3 is 4.90 Å². The van der Waals surface area contributed by atoms with E-state index in [2.05, 4.69) is 0 Å². The van der Waals surface area contributed by atoms with E-state index in [9.17, 15) is 22.0 Å². The molecule has 1 amide bonds. The fourth-order valence-corrected chi connectivity index (χ4v) is 2.49. The molecule has 0 aliphatic rings. The van der Waals surface area contributed by atoms with Crippen molar-refractivity contribution in [3.8, 4) is 0 Å². The quantitative estimate of drug-likeness (QED) is 0.782. The van der Waals surface area contributed by atoms with E-state index in [1.807, 2.05) is 0 Å². The maximum absolute atomic E-state index is 12.3. The molecule has 4 nitrogen and oxygen atoms in total. The summed E-state index contributed by atoms with van der Waals surface area (Å²) >= 11 is 0. The number of rotatable bonds is 5. The maximum Gasteiger partial charge on any atom is 0.261 e. The van der Waals surface area contributed by atoms with Crippen molar-refractivity contribution in [1.29, 1.82) is 0 Å². The number of amides is 1. The second-order valence-electron chi connectivity index (χ2n) is 4.19. The summed E-state index contributed by atoms with van der Waals surface area (Å²) in [6.45, 7) is 1.05. The number of hydrogen-bond acceptors (Lipinski definition) is 3. The predicted octanol–water partition coefficient (Wildman–Crippen LogP) is 2.51. The topological polar surface area (TPSA) is 54.5 Å². The van der Waals surface area contributed by atoms with E-state index in [0.29, 0.717) is 12.0 Å². The zero-order valence-corrected chi connectivity index (χ0v) is 12.5. The van der Waals surface area contributed by atoms with E-state index < -0.39 is 27.9 Å². The summed E-state index contributed by atoms with van der Waals surface area (Å²) in [5.74, 6) is -0.663. The molecule has 0 saturated heterocycles. The average Bonchev–Trinajstić information content (AvgIpc) is 2.35. The zero-order chi connectivity index (χ0) is 15.5. The van der Waals surface area contributed by atoms with Crippen LogP contribution in [0.5, 0.6) is 0 Å². The van der Waals surface area contributed by atoms with Crippen LogP contribution in [0.4, 0.5) is 8.78 Å². The number of nitrogens with zero attached hydrogens (tertiary/aromatic N) is 1. The summed E-state index contributed by atoms with van der Waals surface area (Å²) in [6, 6.07) is 3.86. The molecule has 0 atom stereocenters. The SMILES string of the molecule is CCc1ccc(S(=O)(=O)Cl)cc1C(=O)N(C)CC(F)F.